The van der Waals surface area contributed by atoms with Gasteiger partial charge in [-0.3, -0.25) is 14.7 Å². The third kappa shape index (κ3) is 3.81. The molecule has 144 valence electrons. The summed E-state index contributed by atoms with van der Waals surface area (Å²) < 4.78 is 10.2. The molecule has 1 amide bonds. The Morgan fingerprint density at radius 2 is 1.88 bits per heavy atom. The van der Waals surface area contributed by atoms with E-state index in [1.165, 1.54) is 18.1 Å². The Labute approximate surface area is 152 Å². The van der Waals surface area contributed by atoms with Gasteiger partial charge in [-0.15, -0.1) is 0 Å². The fraction of sp³-hybridized carbons (Fsp3) is 0.611. The van der Waals surface area contributed by atoms with Crippen LogP contribution < -0.4 is 4.90 Å². The number of pyridine rings is 1. The fourth-order valence-corrected chi connectivity index (χ4v) is 2.86. The number of hydrogen-bond acceptors (Lipinski definition) is 7. The van der Waals surface area contributed by atoms with E-state index in [1.807, 2.05) is 0 Å². The highest BCUT2D eigenvalue weighted by Gasteiger charge is 2.43. The van der Waals surface area contributed by atoms with Crippen molar-refractivity contribution in [3.8, 4) is 0 Å². The van der Waals surface area contributed by atoms with Crippen LogP contribution in [0.2, 0.25) is 0 Å². The molecule has 0 radical (unpaired) electrons. The molecule has 1 aliphatic rings. The van der Waals surface area contributed by atoms with E-state index in [2.05, 4.69) is 4.98 Å². The van der Waals surface area contributed by atoms with Crippen LogP contribution in [0.5, 0.6) is 0 Å². The summed E-state index contributed by atoms with van der Waals surface area (Å²) in [4.78, 5) is 30.5. The number of methoxy groups -OCH3 is 1. The number of carbonyl (C=O) groups excluding carboxylic acids is 2. The standard InChI is InChI=1S/C18H26N2O6/c1-17(2,3)26-16(24)20-9-5-6-12-13(20)7-8-14(19-12)18(10-21,11-22)15(23)25-4/h7-8,21-22H,5-6,9-11H2,1-4H3. The number of aryl methyl sites for hydroxylation is 1. The number of hydrogen-bond donors (Lipinski definition) is 2. The van der Waals surface area contributed by atoms with E-state index in [0.717, 1.165) is 0 Å². The van der Waals surface area contributed by atoms with Crippen molar-refractivity contribution < 1.29 is 29.3 Å². The molecule has 2 N–H and O–H groups in total. The normalized spacial score (nSPS) is 14.6. The average molecular weight is 366 g/mol. The van der Waals surface area contributed by atoms with Gasteiger partial charge in [0.1, 0.15) is 5.60 Å². The molecule has 2 rings (SSSR count). The van der Waals surface area contributed by atoms with Gasteiger partial charge < -0.3 is 19.7 Å². The first-order valence-corrected chi connectivity index (χ1v) is 8.49. The van der Waals surface area contributed by atoms with Crippen LogP contribution in [0.15, 0.2) is 12.1 Å². The number of anilines is 1. The van der Waals surface area contributed by atoms with Crippen molar-refractivity contribution >= 4 is 17.7 Å². The molecule has 0 aromatic carbocycles. The van der Waals surface area contributed by atoms with Crippen LogP contribution in [0.25, 0.3) is 0 Å². The van der Waals surface area contributed by atoms with Crippen molar-refractivity contribution in [1.82, 2.24) is 4.98 Å². The SMILES string of the molecule is COC(=O)C(CO)(CO)c1ccc2c(n1)CCCN2C(=O)OC(C)(C)C. The third-order valence-electron chi connectivity index (χ3n) is 4.26. The molecule has 0 atom stereocenters. The summed E-state index contributed by atoms with van der Waals surface area (Å²) in [7, 11) is 1.19. The number of aromatic nitrogens is 1. The van der Waals surface area contributed by atoms with E-state index in [-0.39, 0.29) is 5.69 Å². The van der Waals surface area contributed by atoms with Crippen LogP contribution in [0.3, 0.4) is 0 Å². The molecule has 8 nitrogen and oxygen atoms in total. The molecule has 1 aliphatic heterocycles. The fourth-order valence-electron chi connectivity index (χ4n) is 2.86. The van der Waals surface area contributed by atoms with Crippen LogP contribution >= 0.6 is 0 Å². The molecule has 2 heterocycles. The van der Waals surface area contributed by atoms with E-state index in [1.54, 1.807) is 26.8 Å². The molecule has 0 saturated carbocycles. The molecular formula is C18H26N2O6. The smallest absolute Gasteiger partial charge is 0.414 e. The Kier molecular flexibility index (Phi) is 5.87. The first-order valence-electron chi connectivity index (χ1n) is 8.49. The largest absolute Gasteiger partial charge is 0.468 e. The minimum atomic E-state index is -1.64. The van der Waals surface area contributed by atoms with Gasteiger partial charge in [-0.05, 0) is 45.7 Å². The number of amides is 1. The molecule has 0 aliphatic carbocycles. The zero-order valence-corrected chi connectivity index (χ0v) is 15.6. The Morgan fingerprint density at radius 1 is 1.23 bits per heavy atom. The Bertz CT molecular complexity index is 679. The second kappa shape index (κ2) is 7.59. The van der Waals surface area contributed by atoms with Crippen molar-refractivity contribution in [1.29, 1.82) is 0 Å². The molecular weight excluding hydrogens is 340 g/mol. The Hall–Kier alpha value is -2.19. The van der Waals surface area contributed by atoms with Crippen molar-refractivity contribution in [3.63, 3.8) is 0 Å². The van der Waals surface area contributed by atoms with Crippen LogP contribution in [0, 0.1) is 0 Å². The first kappa shape index (κ1) is 20.1. The minimum absolute atomic E-state index is 0.208. The van der Waals surface area contributed by atoms with Crippen molar-refractivity contribution in [2.24, 2.45) is 0 Å². The number of aliphatic hydroxyl groups is 2. The van der Waals surface area contributed by atoms with E-state index in [4.69, 9.17) is 9.47 Å². The summed E-state index contributed by atoms with van der Waals surface area (Å²) >= 11 is 0. The Balaban J connectivity index is 2.41. The number of esters is 1. The molecule has 0 spiro atoms. The lowest BCUT2D eigenvalue weighted by atomic mass is 9.85. The lowest BCUT2D eigenvalue weighted by Gasteiger charge is -2.32. The number of aliphatic hydroxyl groups excluding tert-OH is 2. The monoisotopic (exact) mass is 366 g/mol. The highest BCUT2D eigenvalue weighted by molar-refractivity contribution is 5.89. The van der Waals surface area contributed by atoms with Gasteiger partial charge >= 0.3 is 12.1 Å². The minimum Gasteiger partial charge on any atom is -0.468 e. The molecule has 8 heteroatoms. The van der Waals surface area contributed by atoms with Crippen molar-refractivity contribution in [2.75, 3.05) is 31.8 Å². The van der Waals surface area contributed by atoms with E-state index in [0.29, 0.717) is 30.8 Å². The number of carbonyl (C=O) groups is 2. The predicted octanol–water partition coefficient (Wildman–Crippen LogP) is 1.16. The second-order valence-corrected chi connectivity index (χ2v) is 7.29. The summed E-state index contributed by atoms with van der Waals surface area (Å²) in [5, 5.41) is 19.4. The molecule has 0 unspecified atom stereocenters. The summed E-state index contributed by atoms with van der Waals surface area (Å²) in [6.07, 6.45) is 0.833. The van der Waals surface area contributed by atoms with Gasteiger partial charge in [0.25, 0.3) is 0 Å². The second-order valence-electron chi connectivity index (χ2n) is 7.29. The zero-order chi connectivity index (χ0) is 19.5. The van der Waals surface area contributed by atoms with Gasteiger partial charge in [0.05, 0.1) is 37.4 Å². The van der Waals surface area contributed by atoms with Gasteiger partial charge in [-0.25, -0.2) is 4.79 Å². The van der Waals surface area contributed by atoms with Gasteiger partial charge in [0.15, 0.2) is 5.41 Å². The summed E-state index contributed by atoms with van der Waals surface area (Å²) in [6.45, 7) is 4.61. The van der Waals surface area contributed by atoms with Gasteiger partial charge in [-0.2, -0.15) is 0 Å². The zero-order valence-electron chi connectivity index (χ0n) is 15.6. The predicted molar refractivity (Wildman–Crippen MR) is 94.0 cm³/mol. The first-order chi connectivity index (χ1) is 12.2. The number of rotatable bonds is 4. The van der Waals surface area contributed by atoms with Gasteiger partial charge in [-0.1, -0.05) is 0 Å². The summed E-state index contributed by atoms with van der Waals surface area (Å²) in [5.74, 6) is -0.769. The van der Waals surface area contributed by atoms with Crippen molar-refractivity contribution in [3.05, 3.63) is 23.5 Å². The molecule has 1 aromatic rings. The van der Waals surface area contributed by atoms with Gasteiger partial charge in [0.2, 0.25) is 0 Å². The lowest BCUT2D eigenvalue weighted by Crippen LogP contribution is -2.45. The molecule has 1 aromatic heterocycles. The van der Waals surface area contributed by atoms with Crippen LogP contribution in [-0.2, 0) is 26.1 Å². The van der Waals surface area contributed by atoms with E-state index < -0.39 is 36.3 Å². The maximum atomic E-state index is 12.4. The maximum Gasteiger partial charge on any atom is 0.414 e. The molecule has 0 saturated heterocycles. The van der Waals surface area contributed by atoms with Crippen LogP contribution in [0.1, 0.15) is 38.6 Å². The van der Waals surface area contributed by atoms with E-state index in [9.17, 15) is 19.8 Å². The maximum absolute atomic E-state index is 12.4. The summed E-state index contributed by atoms with van der Waals surface area (Å²) in [5.41, 5.74) is -0.841. The van der Waals surface area contributed by atoms with Crippen LogP contribution in [-0.4, -0.2) is 59.7 Å². The molecule has 0 bridgehead atoms. The molecule has 26 heavy (non-hydrogen) atoms. The molecule has 0 fully saturated rings. The van der Waals surface area contributed by atoms with Crippen molar-refractivity contribution in [2.45, 2.75) is 44.6 Å². The highest BCUT2D eigenvalue weighted by Crippen LogP contribution is 2.31. The van der Waals surface area contributed by atoms with Crippen LogP contribution in [0.4, 0.5) is 10.5 Å². The number of ether oxygens (including phenoxy) is 2. The number of fused-ring (bicyclic) bond motifs is 1. The van der Waals surface area contributed by atoms with Gasteiger partial charge in [0, 0.05) is 6.54 Å². The number of nitrogens with zero attached hydrogens (tertiary/aromatic N) is 2. The average Bonchev–Trinajstić information content (AvgIpc) is 2.60. The lowest BCUT2D eigenvalue weighted by molar-refractivity contribution is -0.151. The third-order valence-corrected chi connectivity index (χ3v) is 4.26. The summed E-state index contributed by atoms with van der Waals surface area (Å²) in [6, 6.07) is 3.18. The highest BCUT2D eigenvalue weighted by atomic mass is 16.6. The topological polar surface area (TPSA) is 109 Å². The van der Waals surface area contributed by atoms with E-state index >= 15 is 0 Å². The quantitative estimate of drug-likeness (QED) is 0.770. The Morgan fingerprint density at radius 3 is 2.42 bits per heavy atom.